The molecule has 4 heteroatoms. The summed E-state index contributed by atoms with van der Waals surface area (Å²) in [5, 5.41) is 4.29. The van der Waals surface area contributed by atoms with E-state index in [1.165, 1.54) is 0 Å². The molecule has 0 amide bonds. The fourth-order valence-electron chi connectivity index (χ4n) is 1.84. The predicted octanol–water partition coefficient (Wildman–Crippen LogP) is 2.68. The van der Waals surface area contributed by atoms with Gasteiger partial charge in [-0.05, 0) is 13.0 Å². The van der Waals surface area contributed by atoms with Crippen molar-refractivity contribution in [1.29, 1.82) is 0 Å². The van der Waals surface area contributed by atoms with Gasteiger partial charge in [0.15, 0.2) is 0 Å². The topological polar surface area (TPSA) is 43.4 Å². The molecule has 0 atom stereocenters. The van der Waals surface area contributed by atoms with Gasteiger partial charge in [-0.1, -0.05) is 0 Å². The normalized spacial score (nSPS) is 10.3. The van der Waals surface area contributed by atoms with E-state index < -0.39 is 0 Å². The Labute approximate surface area is 101 Å². The van der Waals surface area contributed by atoms with Gasteiger partial charge < -0.3 is 14.8 Å². The molecule has 4 nitrogen and oxygen atoms in total. The molecular formula is C13H16N2O2. The minimum atomic E-state index is 0.746. The molecule has 0 radical (unpaired) electrons. The number of pyridine rings is 1. The lowest BCUT2D eigenvalue weighted by Crippen LogP contribution is -1.99. The number of methoxy groups -OCH3 is 2. The molecule has 1 aromatic heterocycles. The molecule has 0 aliphatic carbocycles. The molecule has 90 valence electrons. The second-order valence-electron chi connectivity index (χ2n) is 3.61. The average Bonchev–Trinajstić information content (AvgIpc) is 2.38. The molecule has 0 spiro atoms. The SMILES string of the molecule is CCNc1ccnc2cc(OC)cc(OC)c12. The van der Waals surface area contributed by atoms with E-state index in [0.29, 0.717) is 0 Å². The van der Waals surface area contributed by atoms with Crippen LogP contribution in [0.2, 0.25) is 0 Å². The summed E-state index contributed by atoms with van der Waals surface area (Å²) < 4.78 is 10.6. The summed E-state index contributed by atoms with van der Waals surface area (Å²) in [7, 11) is 3.28. The zero-order chi connectivity index (χ0) is 12.3. The minimum Gasteiger partial charge on any atom is -0.497 e. The highest BCUT2D eigenvalue weighted by Crippen LogP contribution is 2.34. The molecule has 0 saturated heterocycles. The van der Waals surface area contributed by atoms with Crippen molar-refractivity contribution in [2.24, 2.45) is 0 Å². The van der Waals surface area contributed by atoms with Crippen LogP contribution < -0.4 is 14.8 Å². The van der Waals surface area contributed by atoms with Gasteiger partial charge in [0, 0.05) is 30.6 Å². The van der Waals surface area contributed by atoms with Crippen molar-refractivity contribution in [2.45, 2.75) is 6.92 Å². The van der Waals surface area contributed by atoms with E-state index in [4.69, 9.17) is 9.47 Å². The van der Waals surface area contributed by atoms with Crippen LogP contribution in [0.4, 0.5) is 5.69 Å². The standard InChI is InChI=1S/C13H16N2O2/c1-4-14-10-5-6-15-11-7-9(16-2)8-12(17-3)13(10)11/h5-8H,4H2,1-3H3,(H,14,15). The van der Waals surface area contributed by atoms with Crippen LogP contribution in [0.15, 0.2) is 24.4 Å². The molecule has 1 heterocycles. The Hall–Kier alpha value is -1.97. The van der Waals surface area contributed by atoms with Gasteiger partial charge in [0.25, 0.3) is 0 Å². The van der Waals surface area contributed by atoms with Crippen LogP contribution in [0.3, 0.4) is 0 Å². The third-order valence-electron chi connectivity index (χ3n) is 2.60. The number of hydrogen-bond acceptors (Lipinski definition) is 4. The van der Waals surface area contributed by atoms with Crippen LogP contribution >= 0.6 is 0 Å². The number of hydrogen-bond donors (Lipinski definition) is 1. The number of aromatic nitrogens is 1. The van der Waals surface area contributed by atoms with E-state index in [1.807, 2.05) is 18.2 Å². The summed E-state index contributed by atoms with van der Waals surface area (Å²) in [5.41, 5.74) is 1.89. The average molecular weight is 232 g/mol. The number of nitrogens with one attached hydrogen (secondary N) is 1. The van der Waals surface area contributed by atoms with Crippen molar-refractivity contribution in [3.8, 4) is 11.5 Å². The number of rotatable bonds is 4. The molecule has 2 rings (SSSR count). The molecule has 0 saturated carbocycles. The minimum absolute atomic E-state index is 0.746. The maximum absolute atomic E-state index is 5.40. The van der Waals surface area contributed by atoms with E-state index in [2.05, 4.69) is 17.2 Å². The molecule has 1 N–H and O–H groups in total. The first-order chi connectivity index (χ1) is 8.30. The highest BCUT2D eigenvalue weighted by molar-refractivity contribution is 5.97. The predicted molar refractivity (Wildman–Crippen MR) is 69.0 cm³/mol. The number of fused-ring (bicyclic) bond motifs is 1. The maximum atomic E-state index is 5.40. The van der Waals surface area contributed by atoms with Crippen LogP contribution in [0.1, 0.15) is 6.92 Å². The molecule has 0 unspecified atom stereocenters. The van der Waals surface area contributed by atoms with Gasteiger partial charge in [-0.2, -0.15) is 0 Å². The summed E-state index contributed by atoms with van der Waals surface area (Å²) in [5.74, 6) is 1.51. The summed E-state index contributed by atoms with van der Waals surface area (Å²) in [4.78, 5) is 4.34. The molecule has 2 aromatic rings. The largest absolute Gasteiger partial charge is 0.497 e. The van der Waals surface area contributed by atoms with Crippen LogP contribution in [0.25, 0.3) is 10.9 Å². The summed E-state index contributed by atoms with van der Waals surface area (Å²) in [6.45, 7) is 2.91. The zero-order valence-corrected chi connectivity index (χ0v) is 10.3. The zero-order valence-electron chi connectivity index (χ0n) is 10.3. The fraction of sp³-hybridized carbons (Fsp3) is 0.308. The second-order valence-corrected chi connectivity index (χ2v) is 3.61. The highest BCUT2D eigenvalue weighted by Gasteiger charge is 2.10. The monoisotopic (exact) mass is 232 g/mol. The maximum Gasteiger partial charge on any atom is 0.134 e. The third-order valence-corrected chi connectivity index (χ3v) is 2.60. The number of anilines is 1. The van der Waals surface area contributed by atoms with Crippen molar-refractivity contribution < 1.29 is 9.47 Å². The van der Waals surface area contributed by atoms with E-state index in [1.54, 1.807) is 20.4 Å². The van der Waals surface area contributed by atoms with Crippen molar-refractivity contribution in [2.75, 3.05) is 26.1 Å². The Morgan fingerprint density at radius 3 is 2.71 bits per heavy atom. The quantitative estimate of drug-likeness (QED) is 0.880. The lowest BCUT2D eigenvalue weighted by Gasteiger charge is -2.12. The smallest absolute Gasteiger partial charge is 0.134 e. The molecule has 1 aromatic carbocycles. The molecule has 0 aliphatic rings. The van der Waals surface area contributed by atoms with Gasteiger partial charge in [-0.25, -0.2) is 0 Å². The Balaban J connectivity index is 2.70. The molecule has 17 heavy (non-hydrogen) atoms. The van der Waals surface area contributed by atoms with Crippen LogP contribution in [0.5, 0.6) is 11.5 Å². The first-order valence-corrected chi connectivity index (χ1v) is 5.54. The van der Waals surface area contributed by atoms with Gasteiger partial charge in [0.05, 0.1) is 25.1 Å². The van der Waals surface area contributed by atoms with Gasteiger partial charge in [0.2, 0.25) is 0 Å². The summed E-state index contributed by atoms with van der Waals surface area (Å²) in [6.07, 6.45) is 1.78. The van der Waals surface area contributed by atoms with Crippen molar-refractivity contribution >= 4 is 16.6 Å². The van der Waals surface area contributed by atoms with Crippen molar-refractivity contribution in [1.82, 2.24) is 4.98 Å². The van der Waals surface area contributed by atoms with Gasteiger partial charge >= 0.3 is 0 Å². The van der Waals surface area contributed by atoms with Gasteiger partial charge in [-0.15, -0.1) is 0 Å². The van der Waals surface area contributed by atoms with Gasteiger partial charge in [0.1, 0.15) is 11.5 Å². The molecule has 0 aliphatic heterocycles. The third kappa shape index (κ3) is 2.11. The Kier molecular flexibility index (Phi) is 3.32. The molecular weight excluding hydrogens is 216 g/mol. The van der Waals surface area contributed by atoms with Crippen molar-refractivity contribution in [3.63, 3.8) is 0 Å². The summed E-state index contributed by atoms with van der Waals surface area (Å²) >= 11 is 0. The lowest BCUT2D eigenvalue weighted by molar-refractivity contribution is 0.398. The first-order valence-electron chi connectivity index (χ1n) is 5.54. The Bertz CT molecular complexity index is 526. The molecule has 0 fully saturated rings. The van der Waals surface area contributed by atoms with E-state index in [-0.39, 0.29) is 0 Å². The lowest BCUT2D eigenvalue weighted by atomic mass is 10.1. The second kappa shape index (κ2) is 4.91. The summed E-state index contributed by atoms with van der Waals surface area (Å²) in [6, 6.07) is 5.71. The van der Waals surface area contributed by atoms with Crippen LogP contribution in [-0.4, -0.2) is 25.7 Å². The van der Waals surface area contributed by atoms with Crippen LogP contribution in [-0.2, 0) is 0 Å². The number of nitrogens with zero attached hydrogens (tertiary/aromatic N) is 1. The first kappa shape index (κ1) is 11.5. The van der Waals surface area contributed by atoms with Crippen LogP contribution in [0, 0.1) is 0 Å². The Morgan fingerprint density at radius 1 is 1.24 bits per heavy atom. The Morgan fingerprint density at radius 2 is 2.06 bits per heavy atom. The number of benzene rings is 1. The van der Waals surface area contributed by atoms with Crippen molar-refractivity contribution in [3.05, 3.63) is 24.4 Å². The van der Waals surface area contributed by atoms with E-state index in [9.17, 15) is 0 Å². The fourth-order valence-corrected chi connectivity index (χ4v) is 1.84. The molecule has 0 bridgehead atoms. The van der Waals surface area contributed by atoms with E-state index in [0.717, 1.165) is 34.6 Å². The number of ether oxygens (including phenoxy) is 2. The van der Waals surface area contributed by atoms with E-state index >= 15 is 0 Å². The van der Waals surface area contributed by atoms with Gasteiger partial charge in [-0.3, -0.25) is 4.98 Å². The highest BCUT2D eigenvalue weighted by atomic mass is 16.5.